The number of hydrogen-bond donors (Lipinski definition) is 2. The molecule has 4 amide bonds. The summed E-state index contributed by atoms with van der Waals surface area (Å²) in [5.74, 6) is 0. The van der Waals surface area contributed by atoms with Crippen molar-refractivity contribution in [2.24, 2.45) is 0 Å². The van der Waals surface area contributed by atoms with E-state index < -0.39 is 0 Å². The van der Waals surface area contributed by atoms with Crippen LogP contribution in [0.3, 0.4) is 0 Å². The monoisotopic (exact) mass is 380 g/mol. The van der Waals surface area contributed by atoms with Crippen LogP contribution in [0.4, 0.5) is 21.0 Å². The summed E-state index contributed by atoms with van der Waals surface area (Å²) in [5, 5.41) is 5.51. The SMILES string of the molecule is CCNC(=O)Nc1cccc(N2CCCN(Cc3cc(C)ccc3C)C2=O)c1. The summed E-state index contributed by atoms with van der Waals surface area (Å²) in [6, 6.07) is 13.5. The fraction of sp³-hybridized carbons (Fsp3) is 0.364. The number of carbonyl (C=O) groups excluding carboxylic acids is 2. The molecular weight excluding hydrogens is 352 g/mol. The molecule has 3 rings (SSSR count). The molecule has 1 aliphatic rings. The molecule has 0 unspecified atom stereocenters. The van der Waals surface area contributed by atoms with E-state index in [2.05, 4.69) is 42.7 Å². The Labute approximate surface area is 166 Å². The molecule has 1 aliphatic heterocycles. The van der Waals surface area contributed by atoms with Crippen molar-refractivity contribution in [2.75, 3.05) is 29.9 Å². The zero-order valence-corrected chi connectivity index (χ0v) is 16.8. The van der Waals surface area contributed by atoms with E-state index in [4.69, 9.17) is 0 Å². The van der Waals surface area contributed by atoms with Gasteiger partial charge in [0.2, 0.25) is 0 Å². The van der Waals surface area contributed by atoms with Gasteiger partial charge >= 0.3 is 12.1 Å². The minimum Gasteiger partial charge on any atom is -0.338 e. The van der Waals surface area contributed by atoms with Gasteiger partial charge in [0.05, 0.1) is 0 Å². The van der Waals surface area contributed by atoms with Crippen molar-refractivity contribution >= 4 is 23.4 Å². The highest BCUT2D eigenvalue weighted by molar-refractivity contribution is 5.95. The molecule has 2 N–H and O–H groups in total. The summed E-state index contributed by atoms with van der Waals surface area (Å²) >= 11 is 0. The Morgan fingerprint density at radius 3 is 2.71 bits per heavy atom. The third kappa shape index (κ3) is 4.63. The standard InChI is InChI=1S/C22H28N4O2/c1-4-23-21(27)24-19-7-5-8-20(14-19)26-12-6-11-25(22(26)28)15-18-13-16(2)9-10-17(18)3/h5,7-10,13-14H,4,6,11-12,15H2,1-3H3,(H2,23,24,27). The molecule has 28 heavy (non-hydrogen) atoms. The van der Waals surface area contributed by atoms with Crippen LogP contribution in [0.25, 0.3) is 0 Å². The van der Waals surface area contributed by atoms with Crippen molar-refractivity contribution in [1.82, 2.24) is 10.2 Å². The first-order chi connectivity index (χ1) is 13.5. The third-order valence-electron chi connectivity index (χ3n) is 4.93. The number of aryl methyl sites for hydroxylation is 2. The van der Waals surface area contributed by atoms with Crippen molar-refractivity contribution < 1.29 is 9.59 Å². The van der Waals surface area contributed by atoms with Gasteiger partial charge in [0, 0.05) is 37.6 Å². The molecule has 0 spiro atoms. The summed E-state index contributed by atoms with van der Waals surface area (Å²) < 4.78 is 0. The van der Waals surface area contributed by atoms with Crippen molar-refractivity contribution in [3.8, 4) is 0 Å². The van der Waals surface area contributed by atoms with E-state index in [0.717, 1.165) is 18.7 Å². The van der Waals surface area contributed by atoms with Crippen molar-refractivity contribution in [2.45, 2.75) is 33.7 Å². The Morgan fingerprint density at radius 2 is 1.93 bits per heavy atom. The highest BCUT2D eigenvalue weighted by atomic mass is 16.2. The average Bonchev–Trinajstić information content (AvgIpc) is 2.66. The summed E-state index contributed by atoms with van der Waals surface area (Å²) in [7, 11) is 0. The van der Waals surface area contributed by atoms with Gasteiger partial charge in [0.25, 0.3) is 0 Å². The van der Waals surface area contributed by atoms with Gasteiger partial charge in [-0.05, 0) is 56.5 Å². The highest BCUT2D eigenvalue weighted by Gasteiger charge is 2.27. The lowest BCUT2D eigenvalue weighted by Crippen LogP contribution is -2.49. The molecule has 0 saturated carbocycles. The van der Waals surface area contributed by atoms with Gasteiger partial charge in [-0.15, -0.1) is 0 Å². The van der Waals surface area contributed by atoms with Gasteiger partial charge in [0.15, 0.2) is 0 Å². The Balaban J connectivity index is 1.75. The maximum Gasteiger partial charge on any atom is 0.324 e. The van der Waals surface area contributed by atoms with Gasteiger partial charge in [-0.25, -0.2) is 9.59 Å². The molecule has 1 fully saturated rings. The second kappa shape index (κ2) is 8.78. The predicted molar refractivity (Wildman–Crippen MR) is 113 cm³/mol. The number of nitrogens with one attached hydrogen (secondary N) is 2. The molecule has 0 radical (unpaired) electrons. The van der Waals surface area contributed by atoms with Crippen LogP contribution >= 0.6 is 0 Å². The van der Waals surface area contributed by atoms with Crippen LogP contribution in [0.2, 0.25) is 0 Å². The minimum atomic E-state index is -0.249. The number of nitrogens with zero attached hydrogens (tertiary/aromatic N) is 2. The van der Waals surface area contributed by atoms with Crippen LogP contribution in [-0.2, 0) is 6.54 Å². The molecule has 1 heterocycles. The van der Waals surface area contributed by atoms with Gasteiger partial charge in [-0.2, -0.15) is 0 Å². The van der Waals surface area contributed by atoms with E-state index >= 15 is 0 Å². The maximum absolute atomic E-state index is 13.1. The lowest BCUT2D eigenvalue weighted by molar-refractivity contribution is 0.192. The lowest BCUT2D eigenvalue weighted by atomic mass is 10.0. The molecule has 148 valence electrons. The van der Waals surface area contributed by atoms with Crippen LogP contribution in [0.15, 0.2) is 42.5 Å². The molecule has 2 aromatic carbocycles. The summed E-state index contributed by atoms with van der Waals surface area (Å²) in [4.78, 5) is 28.6. The Morgan fingerprint density at radius 1 is 1.11 bits per heavy atom. The van der Waals surface area contributed by atoms with E-state index in [-0.39, 0.29) is 12.1 Å². The van der Waals surface area contributed by atoms with E-state index in [9.17, 15) is 9.59 Å². The van der Waals surface area contributed by atoms with Crippen LogP contribution in [0.5, 0.6) is 0 Å². The smallest absolute Gasteiger partial charge is 0.324 e. The highest BCUT2D eigenvalue weighted by Crippen LogP contribution is 2.25. The van der Waals surface area contributed by atoms with Crippen molar-refractivity contribution in [3.05, 3.63) is 59.2 Å². The van der Waals surface area contributed by atoms with Gasteiger partial charge in [0.1, 0.15) is 0 Å². The minimum absolute atomic E-state index is 0.00214. The number of carbonyl (C=O) groups is 2. The zero-order valence-electron chi connectivity index (χ0n) is 16.8. The van der Waals surface area contributed by atoms with Gasteiger partial charge in [-0.3, -0.25) is 4.90 Å². The Kier molecular flexibility index (Phi) is 6.19. The fourth-order valence-electron chi connectivity index (χ4n) is 3.43. The first-order valence-corrected chi connectivity index (χ1v) is 9.75. The molecule has 0 aromatic heterocycles. The number of urea groups is 2. The average molecular weight is 380 g/mol. The largest absolute Gasteiger partial charge is 0.338 e. The second-order valence-corrected chi connectivity index (χ2v) is 7.17. The number of amides is 4. The van der Waals surface area contributed by atoms with E-state index in [1.54, 1.807) is 4.90 Å². The van der Waals surface area contributed by atoms with E-state index in [0.29, 0.717) is 25.3 Å². The fourth-order valence-corrected chi connectivity index (χ4v) is 3.43. The third-order valence-corrected chi connectivity index (χ3v) is 4.93. The first-order valence-electron chi connectivity index (χ1n) is 9.75. The second-order valence-electron chi connectivity index (χ2n) is 7.17. The molecule has 6 heteroatoms. The number of hydrogen-bond acceptors (Lipinski definition) is 2. The van der Waals surface area contributed by atoms with Gasteiger partial charge < -0.3 is 15.5 Å². The summed E-state index contributed by atoms with van der Waals surface area (Å²) in [5.41, 5.74) is 5.05. The van der Waals surface area contributed by atoms with Crippen LogP contribution in [0, 0.1) is 13.8 Å². The zero-order chi connectivity index (χ0) is 20.1. The predicted octanol–water partition coefficient (Wildman–Crippen LogP) is 4.28. The molecular formula is C22H28N4O2. The molecule has 2 aromatic rings. The van der Waals surface area contributed by atoms with Crippen LogP contribution in [0.1, 0.15) is 30.0 Å². The molecule has 1 saturated heterocycles. The Hall–Kier alpha value is -3.02. The molecule has 0 bridgehead atoms. The lowest BCUT2D eigenvalue weighted by Gasteiger charge is -2.36. The normalized spacial score (nSPS) is 14.2. The van der Waals surface area contributed by atoms with Gasteiger partial charge in [-0.1, -0.05) is 29.8 Å². The van der Waals surface area contributed by atoms with E-state index in [1.807, 2.05) is 36.1 Å². The van der Waals surface area contributed by atoms with Crippen LogP contribution in [-0.4, -0.2) is 36.6 Å². The number of rotatable bonds is 5. The number of anilines is 2. The first kappa shape index (κ1) is 19.7. The Bertz CT molecular complexity index is 865. The van der Waals surface area contributed by atoms with Crippen molar-refractivity contribution in [1.29, 1.82) is 0 Å². The quantitative estimate of drug-likeness (QED) is 0.813. The molecule has 0 aliphatic carbocycles. The summed E-state index contributed by atoms with van der Waals surface area (Å²) in [6.07, 6.45) is 0.907. The molecule has 6 nitrogen and oxygen atoms in total. The van der Waals surface area contributed by atoms with Crippen molar-refractivity contribution in [3.63, 3.8) is 0 Å². The molecule has 0 atom stereocenters. The van der Waals surface area contributed by atoms with E-state index in [1.165, 1.54) is 16.7 Å². The topological polar surface area (TPSA) is 64.7 Å². The van der Waals surface area contributed by atoms with Crippen LogP contribution < -0.4 is 15.5 Å². The summed E-state index contributed by atoms with van der Waals surface area (Å²) in [6.45, 7) is 8.61. The number of benzene rings is 2. The maximum atomic E-state index is 13.1.